The fraction of sp³-hybridized carbons (Fsp3) is 0.353. The van der Waals surface area contributed by atoms with E-state index in [0.29, 0.717) is 24.6 Å². The molecule has 1 aliphatic rings. The third-order valence-electron chi connectivity index (χ3n) is 4.06. The second kappa shape index (κ2) is 6.60. The van der Waals surface area contributed by atoms with Crippen LogP contribution in [-0.2, 0) is 17.8 Å². The number of carbonyl (C=O) groups excluding carboxylic acids is 2. The Hall–Kier alpha value is -2.41. The number of fused-ring (bicyclic) bond motifs is 1. The summed E-state index contributed by atoms with van der Waals surface area (Å²) in [5.74, 6) is -0.134. The zero-order valence-corrected chi connectivity index (χ0v) is 14.8. The van der Waals surface area contributed by atoms with Crippen LogP contribution < -0.4 is 10.6 Å². The molecule has 0 spiro atoms. The first kappa shape index (κ1) is 16.4. The normalized spacial score (nSPS) is 13.4. The molecule has 1 aromatic carbocycles. The SMILES string of the molecule is CC(=O)Nc1nc2c(s1)CN(C(=O)Nc1ccc(C)c(C)c1)CC2. The van der Waals surface area contributed by atoms with Crippen LogP contribution in [0, 0.1) is 13.8 Å². The summed E-state index contributed by atoms with van der Waals surface area (Å²) in [5, 5.41) is 6.26. The fourth-order valence-corrected chi connectivity index (χ4v) is 3.66. The highest BCUT2D eigenvalue weighted by Crippen LogP contribution is 2.28. The van der Waals surface area contributed by atoms with Crippen molar-refractivity contribution in [3.05, 3.63) is 39.9 Å². The van der Waals surface area contributed by atoms with Crippen molar-refractivity contribution in [3.63, 3.8) is 0 Å². The zero-order chi connectivity index (χ0) is 17.3. The largest absolute Gasteiger partial charge is 0.322 e. The van der Waals surface area contributed by atoms with Gasteiger partial charge in [0.05, 0.1) is 12.2 Å². The number of nitrogens with one attached hydrogen (secondary N) is 2. The summed E-state index contributed by atoms with van der Waals surface area (Å²) >= 11 is 1.43. The van der Waals surface area contributed by atoms with Crippen LogP contribution in [0.25, 0.3) is 0 Å². The van der Waals surface area contributed by atoms with Crippen LogP contribution in [0.15, 0.2) is 18.2 Å². The molecule has 0 saturated carbocycles. The Bertz CT molecular complexity index is 800. The molecule has 0 saturated heterocycles. The molecule has 6 nitrogen and oxygen atoms in total. The van der Waals surface area contributed by atoms with E-state index < -0.39 is 0 Å². The molecule has 3 amide bonds. The lowest BCUT2D eigenvalue weighted by Crippen LogP contribution is -2.38. The lowest BCUT2D eigenvalue weighted by Gasteiger charge is -2.26. The summed E-state index contributed by atoms with van der Waals surface area (Å²) in [6.07, 6.45) is 0.700. The van der Waals surface area contributed by atoms with Gasteiger partial charge in [-0.3, -0.25) is 4.79 Å². The number of urea groups is 1. The predicted molar refractivity (Wildman–Crippen MR) is 95.5 cm³/mol. The Morgan fingerprint density at radius 1 is 1.21 bits per heavy atom. The van der Waals surface area contributed by atoms with E-state index in [1.165, 1.54) is 23.8 Å². The van der Waals surface area contributed by atoms with Crippen LogP contribution in [-0.4, -0.2) is 28.4 Å². The van der Waals surface area contributed by atoms with Crippen LogP contribution in [0.1, 0.15) is 28.6 Å². The number of carbonyl (C=O) groups is 2. The first-order chi connectivity index (χ1) is 11.4. The van der Waals surface area contributed by atoms with E-state index in [0.717, 1.165) is 21.8 Å². The number of anilines is 2. The number of thiazole rings is 1. The minimum Gasteiger partial charge on any atom is -0.319 e. The number of hydrogen-bond acceptors (Lipinski definition) is 4. The molecule has 1 aliphatic heterocycles. The summed E-state index contributed by atoms with van der Waals surface area (Å²) in [7, 11) is 0. The van der Waals surface area contributed by atoms with Crippen molar-refractivity contribution in [2.45, 2.75) is 33.7 Å². The molecule has 0 aliphatic carbocycles. The van der Waals surface area contributed by atoms with E-state index in [1.54, 1.807) is 4.90 Å². The van der Waals surface area contributed by atoms with E-state index in [9.17, 15) is 9.59 Å². The monoisotopic (exact) mass is 344 g/mol. The Morgan fingerprint density at radius 2 is 2.00 bits per heavy atom. The maximum atomic E-state index is 12.5. The highest BCUT2D eigenvalue weighted by Gasteiger charge is 2.24. The van der Waals surface area contributed by atoms with Gasteiger partial charge in [0.2, 0.25) is 5.91 Å². The zero-order valence-electron chi connectivity index (χ0n) is 14.0. The van der Waals surface area contributed by atoms with Gasteiger partial charge < -0.3 is 15.5 Å². The van der Waals surface area contributed by atoms with E-state index in [2.05, 4.69) is 15.6 Å². The lowest BCUT2D eigenvalue weighted by molar-refractivity contribution is -0.114. The number of hydrogen-bond donors (Lipinski definition) is 2. The molecule has 2 heterocycles. The van der Waals surface area contributed by atoms with Crippen LogP contribution in [0.4, 0.5) is 15.6 Å². The van der Waals surface area contributed by atoms with Crippen molar-refractivity contribution in [1.29, 1.82) is 0 Å². The summed E-state index contributed by atoms with van der Waals surface area (Å²) in [4.78, 5) is 30.8. The van der Waals surface area contributed by atoms with Gasteiger partial charge in [-0.05, 0) is 37.1 Å². The minimum absolute atomic E-state index is 0.113. The lowest BCUT2D eigenvalue weighted by atomic mass is 10.1. The molecule has 3 rings (SSSR count). The molecule has 0 atom stereocenters. The van der Waals surface area contributed by atoms with Crippen molar-refractivity contribution in [2.24, 2.45) is 0 Å². The molecule has 0 bridgehead atoms. The van der Waals surface area contributed by atoms with Gasteiger partial charge in [0.15, 0.2) is 5.13 Å². The van der Waals surface area contributed by atoms with Crippen molar-refractivity contribution < 1.29 is 9.59 Å². The van der Waals surface area contributed by atoms with Crippen LogP contribution in [0.2, 0.25) is 0 Å². The van der Waals surface area contributed by atoms with Gasteiger partial charge in [-0.15, -0.1) is 0 Å². The first-order valence-corrected chi connectivity index (χ1v) is 8.63. The van der Waals surface area contributed by atoms with Crippen molar-refractivity contribution in [3.8, 4) is 0 Å². The molecular weight excluding hydrogens is 324 g/mol. The third kappa shape index (κ3) is 3.56. The highest BCUT2D eigenvalue weighted by atomic mass is 32.1. The summed E-state index contributed by atoms with van der Waals surface area (Å²) < 4.78 is 0. The predicted octanol–water partition coefficient (Wildman–Crippen LogP) is 3.31. The van der Waals surface area contributed by atoms with E-state index in [4.69, 9.17) is 0 Å². The average Bonchev–Trinajstić information content (AvgIpc) is 2.91. The molecule has 7 heteroatoms. The smallest absolute Gasteiger partial charge is 0.319 e. The van der Waals surface area contributed by atoms with Crippen LogP contribution in [0.3, 0.4) is 0 Å². The minimum atomic E-state index is -0.134. The van der Waals surface area contributed by atoms with Crippen molar-refractivity contribution in [1.82, 2.24) is 9.88 Å². The maximum absolute atomic E-state index is 12.5. The van der Waals surface area contributed by atoms with Gasteiger partial charge in [0, 0.05) is 30.5 Å². The Kier molecular flexibility index (Phi) is 4.53. The molecule has 0 unspecified atom stereocenters. The summed E-state index contributed by atoms with van der Waals surface area (Å²) in [6, 6.07) is 5.78. The van der Waals surface area contributed by atoms with Gasteiger partial charge in [-0.2, -0.15) is 0 Å². The van der Waals surface area contributed by atoms with Gasteiger partial charge >= 0.3 is 6.03 Å². The van der Waals surface area contributed by atoms with E-state index >= 15 is 0 Å². The third-order valence-corrected chi connectivity index (χ3v) is 5.06. The topological polar surface area (TPSA) is 74.3 Å². The molecule has 126 valence electrons. The number of benzene rings is 1. The van der Waals surface area contributed by atoms with Crippen LogP contribution >= 0.6 is 11.3 Å². The maximum Gasteiger partial charge on any atom is 0.322 e. The molecule has 0 fully saturated rings. The van der Waals surface area contributed by atoms with Gasteiger partial charge in [-0.25, -0.2) is 9.78 Å². The van der Waals surface area contributed by atoms with Gasteiger partial charge in [-0.1, -0.05) is 17.4 Å². The Morgan fingerprint density at radius 3 is 2.71 bits per heavy atom. The molecule has 1 aromatic heterocycles. The number of nitrogens with zero attached hydrogens (tertiary/aromatic N) is 2. The number of amides is 3. The van der Waals surface area contributed by atoms with E-state index in [-0.39, 0.29) is 11.9 Å². The van der Waals surface area contributed by atoms with Crippen LogP contribution in [0.5, 0.6) is 0 Å². The van der Waals surface area contributed by atoms with Crippen molar-refractivity contribution in [2.75, 3.05) is 17.2 Å². The molecule has 2 N–H and O–H groups in total. The standard InChI is InChI=1S/C17H20N4O2S/c1-10-4-5-13(8-11(10)2)19-17(23)21-7-6-14-15(9-21)24-16(20-14)18-12(3)22/h4-5,8H,6-7,9H2,1-3H3,(H,19,23)(H,18,20,22). The highest BCUT2D eigenvalue weighted by molar-refractivity contribution is 7.15. The molecule has 24 heavy (non-hydrogen) atoms. The fourth-order valence-electron chi connectivity index (χ4n) is 2.59. The second-order valence-electron chi connectivity index (χ2n) is 5.97. The quantitative estimate of drug-likeness (QED) is 0.878. The molecule has 0 radical (unpaired) electrons. The molecular formula is C17H20N4O2S. The number of rotatable bonds is 2. The van der Waals surface area contributed by atoms with Gasteiger partial charge in [0.1, 0.15) is 0 Å². The summed E-state index contributed by atoms with van der Waals surface area (Å²) in [5.41, 5.74) is 4.12. The Balaban J connectivity index is 1.68. The van der Waals surface area contributed by atoms with E-state index in [1.807, 2.05) is 32.0 Å². The second-order valence-corrected chi connectivity index (χ2v) is 7.05. The number of aryl methyl sites for hydroxylation is 2. The average molecular weight is 344 g/mol. The first-order valence-electron chi connectivity index (χ1n) is 7.81. The number of aromatic nitrogens is 1. The Labute approximate surface area is 144 Å². The van der Waals surface area contributed by atoms with Gasteiger partial charge in [0.25, 0.3) is 0 Å². The summed E-state index contributed by atoms with van der Waals surface area (Å²) in [6.45, 7) is 6.67. The van der Waals surface area contributed by atoms with Crippen molar-refractivity contribution >= 4 is 34.1 Å². The molecule has 2 aromatic rings.